The molecule has 0 unspecified atom stereocenters. The maximum atomic E-state index is 13.9. The van der Waals surface area contributed by atoms with Crippen molar-refractivity contribution in [2.75, 3.05) is 0 Å². The van der Waals surface area contributed by atoms with Gasteiger partial charge in [0.15, 0.2) is 5.82 Å². The minimum atomic E-state index is -0.345. The molecule has 1 aromatic heterocycles. The molecule has 1 heterocycles. The minimum Gasteiger partial charge on any atom is -0.310 e. The van der Waals surface area contributed by atoms with Crippen LogP contribution in [0.1, 0.15) is 19.7 Å². The molecular weight excluding hydrogens is 333 g/mol. The van der Waals surface area contributed by atoms with Crippen LogP contribution in [-0.4, -0.2) is 14.8 Å². The smallest absolute Gasteiger partial charge is 0.167 e. The van der Waals surface area contributed by atoms with E-state index in [9.17, 15) is 4.39 Å². The van der Waals surface area contributed by atoms with Gasteiger partial charge in [-0.2, -0.15) is 0 Å². The number of halogens is 3. The van der Waals surface area contributed by atoms with Crippen LogP contribution in [0.15, 0.2) is 18.2 Å². The lowest BCUT2D eigenvalue weighted by Crippen LogP contribution is -2.09. The fourth-order valence-corrected chi connectivity index (χ4v) is 2.45. The van der Waals surface area contributed by atoms with Crippen LogP contribution in [0, 0.1) is 11.7 Å². The number of nitrogens with zero attached hydrogens (tertiary/aromatic N) is 3. The van der Waals surface area contributed by atoms with Crippen molar-refractivity contribution >= 4 is 27.5 Å². The summed E-state index contributed by atoms with van der Waals surface area (Å²) in [5.74, 6) is 1.36. The first kappa shape index (κ1) is 14.5. The molecule has 0 aliphatic rings. The van der Waals surface area contributed by atoms with Crippen LogP contribution in [0.2, 0.25) is 5.02 Å². The zero-order chi connectivity index (χ0) is 14.0. The minimum absolute atomic E-state index is 0.345. The third-order valence-electron chi connectivity index (χ3n) is 2.66. The van der Waals surface area contributed by atoms with E-state index in [-0.39, 0.29) is 5.82 Å². The Labute approximate surface area is 124 Å². The molecule has 0 radical (unpaired) electrons. The maximum absolute atomic E-state index is 13.9. The summed E-state index contributed by atoms with van der Waals surface area (Å²) < 4.78 is 15.9. The van der Waals surface area contributed by atoms with Crippen LogP contribution >= 0.6 is 27.5 Å². The number of hydrogen-bond donors (Lipinski definition) is 0. The van der Waals surface area contributed by atoms with Gasteiger partial charge >= 0.3 is 0 Å². The molecule has 0 saturated heterocycles. The lowest BCUT2D eigenvalue weighted by atomic mass is 10.1. The number of aromatic nitrogens is 3. The number of alkyl halides is 1. The molecule has 0 saturated carbocycles. The van der Waals surface area contributed by atoms with Crippen molar-refractivity contribution in [1.82, 2.24) is 14.8 Å². The summed E-state index contributed by atoms with van der Waals surface area (Å²) in [5.41, 5.74) is 0.382. The summed E-state index contributed by atoms with van der Waals surface area (Å²) in [5, 5.41) is 9.25. The van der Waals surface area contributed by atoms with E-state index in [4.69, 9.17) is 11.6 Å². The van der Waals surface area contributed by atoms with Gasteiger partial charge in [-0.25, -0.2) is 4.39 Å². The summed E-state index contributed by atoms with van der Waals surface area (Å²) in [4.78, 5) is 0. The molecule has 0 spiro atoms. The van der Waals surface area contributed by atoms with E-state index in [1.54, 1.807) is 6.07 Å². The zero-order valence-corrected chi connectivity index (χ0v) is 13.0. The summed E-state index contributed by atoms with van der Waals surface area (Å²) in [6, 6.07) is 4.45. The Hall–Kier alpha value is -0.940. The first-order valence-corrected chi connectivity index (χ1v) is 7.46. The van der Waals surface area contributed by atoms with Gasteiger partial charge in [0.25, 0.3) is 0 Å². The Balaban J connectivity index is 2.55. The van der Waals surface area contributed by atoms with Crippen LogP contribution in [-0.2, 0) is 11.9 Å². The van der Waals surface area contributed by atoms with Crippen LogP contribution in [0.25, 0.3) is 11.4 Å². The van der Waals surface area contributed by atoms with Gasteiger partial charge in [-0.1, -0.05) is 41.4 Å². The molecule has 1 aromatic carbocycles. The van der Waals surface area contributed by atoms with Gasteiger partial charge in [0.1, 0.15) is 11.6 Å². The van der Waals surface area contributed by atoms with E-state index in [2.05, 4.69) is 40.0 Å². The standard InChI is InChI=1S/C13H14BrClFN3/c1-8(2)7-19-12(6-14)17-18-13(19)10-5-9(15)3-4-11(10)16/h3-5,8H,6-7H2,1-2H3. The van der Waals surface area contributed by atoms with Crippen LogP contribution in [0.4, 0.5) is 4.39 Å². The third kappa shape index (κ3) is 3.15. The predicted octanol–water partition coefficient (Wildman–Crippen LogP) is 4.29. The largest absolute Gasteiger partial charge is 0.310 e. The van der Waals surface area contributed by atoms with Crippen molar-refractivity contribution in [2.24, 2.45) is 5.92 Å². The second-order valence-electron chi connectivity index (χ2n) is 4.70. The Morgan fingerprint density at radius 1 is 1.37 bits per heavy atom. The van der Waals surface area contributed by atoms with Gasteiger partial charge in [-0.3, -0.25) is 0 Å². The number of hydrogen-bond acceptors (Lipinski definition) is 2. The molecule has 0 aliphatic heterocycles. The molecule has 102 valence electrons. The summed E-state index contributed by atoms with van der Waals surface area (Å²) in [6.07, 6.45) is 0. The quantitative estimate of drug-likeness (QED) is 0.773. The fraction of sp³-hybridized carbons (Fsp3) is 0.385. The molecule has 0 amide bonds. The lowest BCUT2D eigenvalue weighted by molar-refractivity contribution is 0.514. The number of benzene rings is 1. The maximum Gasteiger partial charge on any atom is 0.167 e. The van der Waals surface area contributed by atoms with Crippen molar-refractivity contribution in [3.05, 3.63) is 34.9 Å². The van der Waals surface area contributed by atoms with E-state index in [0.29, 0.717) is 27.7 Å². The van der Waals surface area contributed by atoms with E-state index >= 15 is 0 Å². The van der Waals surface area contributed by atoms with Crippen molar-refractivity contribution in [3.63, 3.8) is 0 Å². The van der Waals surface area contributed by atoms with Gasteiger partial charge in [-0.15, -0.1) is 10.2 Å². The lowest BCUT2D eigenvalue weighted by Gasteiger charge is -2.12. The Kier molecular flexibility index (Phi) is 4.58. The Morgan fingerprint density at radius 2 is 2.11 bits per heavy atom. The molecule has 0 aliphatic carbocycles. The zero-order valence-electron chi connectivity index (χ0n) is 10.7. The first-order valence-electron chi connectivity index (χ1n) is 5.96. The van der Waals surface area contributed by atoms with Gasteiger partial charge in [-0.05, 0) is 24.1 Å². The number of rotatable bonds is 4. The van der Waals surface area contributed by atoms with E-state index in [1.165, 1.54) is 12.1 Å². The predicted molar refractivity (Wildman–Crippen MR) is 77.9 cm³/mol. The van der Waals surface area contributed by atoms with E-state index in [0.717, 1.165) is 12.4 Å². The summed E-state index contributed by atoms with van der Waals surface area (Å²) in [7, 11) is 0. The monoisotopic (exact) mass is 345 g/mol. The SMILES string of the molecule is CC(C)Cn1c(CBr)nnc1-c1cc(Cl)ccc1F. The van der Waals surface area contributed by atoms with E-state index < -0.39 is 0 Å². The molecule has 19 heavy (non-hydrogen) atoms. The molecule has 6 heteroatoms. The molecule has 0 atom stereocenters. The molecule has 2 aromatic rings. The van der Waals surface area contributed by atoms with Gasteiger partial charge in [0.2, 0.25) is 0 Å². The van der Waals surface area contributed by atoms with Crippen LogP contribution in [0.5, 0.6) is 0 Å². The highest BCUT2D eigenvalue weighted by atomic mass is 79.9. The van der Waals surface area contributed by atoms with Crippen molar-refractivity contribution in [2.45, 2.75) is 25.7 Å². The highest BCUT2D eigenvalue weighted by Gasteiger charge is 2.17. The average Bonchev–Trinajstić information content (AvgIpc) is 2.74. The third-order valence-corrected chi connectivity index (χ3v) is 3.40. The summed E-state index contributed by atoms with van der Waals surface area (Å²) in [6.45, 7) is 4.92. The molecule has 2 rings (SSSR count). The highest BCUT2D eigenvalue weighted by Crippen LogP contribution is 2.26. The topological polar surface area (TPSA) is 30.7 Å². The normalized spacial score (nSPS) is 11.3. The van der Waals surface area contributed by atoms with Gasteiger partial charge < -0.3 is 4.57 Å². The van der Waals surface area contributed by atoms with E-state index in [1.807, 2.05) is 4.57 Å². The van der Waals surface area contributed by atoms with Crippen molar-refractivity contribution < 1.29 is 4.39 Å². The molecular formula is C13H14BrClFN3. The van der Waals surface area contributed by atoms with Crippen LogP contribution in [0.3, 0.4) is 0 Å². The van der Waals surface area contributed by atoms with Crippen molar-refractivity contribution in [3.8, 4) is 11.4 Å². The summed E-state index contributed by atoms with van der Waals surface area (Å²) >= 11 is 9.31. The van der Waals surface area contributed by atoms with Crippen LogP contribution < -0.4 is 0 Å². The molecule has 0 fully saturated rings. The Morgan fingerprint density at radius 3 is 2.74 bits per heavy atom. The second-order valence-corrected chi connectivity index (χ2v) is 5.70. The molecule has 0 N–H and O–H groups in total. The Bertz CT molecular complexity index is 583. The van der Waals surface area contributed by atoms with Crippen molar-refractivity contribution in [1.29, 1.82) is 0 Å². The fourth-order valence-electron chi connectivity index (χ4n) is 1.86. The highest BCUT2D eigenvalue weighted by molar-refractivity contribution is 9.08. The average molecular weight is 347 g/mol. The first-order chi connectivity index (χ1) is 9.02. The van der Waals surface area contributed by atoms with Gasteiger partial charge in [0.05, 0.1) is 10.9 Å². The second kappa shape index (κ2) is 6.01. The molecule has 3 nitrogen and oxygen atoms in total. The molecule has 0 bridgehead atoms. The van der Waals surface area contributed by atoms with Gasteiger partial charge in [0, 0.05) is 11.6 Å².